The maximum atomic E-state index is 15.6. The lowest BCUT2D eigenvalue weighted by Crippen LogP contribution is -2.53. The standard InChI is InChI=1S/C41H31Br2Cl3F3N5O7/c1-52(35-25(45)11-13-29(50-35)41(47,48)49)54-36(56)21-10-9-20-22(30(21)38(54)58)15-24-37(57)53(51-27-12-6-18(44)14-26(27)46)39(59)40(24,17-4-7-19(60-2)8-5-17)31(20)23-16-28(61-3)34(55)33(43)32(23)42/h4-9,11-14,16,21-22,24,30-31,51,55H,10,15H2,1-3H3/t21-,22+,24-,30-,31+,40+/m0/s1. The molecule has 3 aromatic carbocycles. The van der Waals surface area contributed by atoms with E-state index in [4.69, 9.17) is 44.3 Å². The molecule has 1 saturated carbocycles. The molecule has 1 aromatic heterocycles. The van der Waals surface area contributed by atoms with Crippen LogP contribution < -0.4 is 19.9 Å². The van der Waals surface area contributed by atoms with E-state index in [2.05, 4.69) is 42.3 Å². The highest BCUT2D eigenvalue weighted by molar-refractivity contribution is 9.13. The number of hydrazine groups is 2. The number of phenolic OH excluding ortho intramolecular Hbond substituents is 1. The van der Waals surface area contributed by atoms with Crippen LogP contribution in [0.1, 0.15) is 35.6 Å². The Balaban J connectivity index is 1.33. The Kier molecular flexibility index (Phi) is 11.1. The predicted octanol–water partition coefficient (Wildman–Crippen LogP) is 9.34. The average Bonchev–Trinajstić information content (AvgIpc) is 3.61. The van der Waals surface area contributed by atoms with Crippen LogP contribution in [0.5, 0.6) is 17.2 Å². The van der Waals surface area contributed by atoms with E-state index in [1.807, 2.05) is 0 Å². The number of rotatable bonds is 8. The zero-order chi connectivity index (χ0) is 44.0. The summed E-state index contributed by atoms with van der Waals surface area (Å²) in [5.74, 6) is -8.45. The maximum Gasteiger partial charge on any atom is 0.433 e. The number of aromatic nitrogens is 1. The minimum atomic E-state index is -4.85. The predicted molar refractivity (Wildman–Crippen MR) is 225 cm³/mol. The summed E-state index contributed by atoms with van der Waals surface area (Å²) in [5, 5.41) is 13.8. The molecule has 2 aliphatic carbocycles. The van der Waals surface area contributed by atoms with Crippen LogP contribution in [0.2, 0.25) is 15.1 Å². The maximum absolute atomic E-state index is 15.6. The number of carbonyl (C=O) groups excluding carboxylic acids is 4. The van der Waals surface area contributed by atoms with Gasteiger partial charge in [-0.15, -0.1) is 0 Å². The number of benzene rings is 3. The molecule has 8 rings (SSSR count). The number of ether oxygens (including phenoxy) is 2. The van der Waals surface area contributed by atoms with Crippen molar-refractivity contribution in [2.24, 2.45) is 23.7 Å². The van der Waals surface area contributed by atoms with Crippen LogP contribution in [0.25, 0.3) is 0 Å². The van der Waals surface area contributed by atoms with E-state index in [1.165, 1.54) is 39.5 Å². The molecule has 0 radical (unpaired) electrons. The third kappa shape index (κ3) is 6.64. The number of imide groups is 2. The second-order valence-corrected chi connectivity index (χ2v) is 17.7. The lowest BCUT2D eigenvalue weighted by molar-refractivity contribution is -0.142. The first-order valence-electron chi connectivity index (χ1n) is 18.4. The molecule has 4 aliphatic rings. The molecule has 4 aromatic rings. The van der Waals surface area contributed by atoms with Gasteiger partial charge in [-0.2, -0.15) is 23.2 Å². The summed E-state index contributed by atoms with van der Waals surface area (Å²) in [6.07, 6.45) is -3.22. The van der Waals surface area contributed by atoms with E-state index in [-0.39, 0.29) is 44.5 Å². The number of nitrogens with zero attached hydrogens (tertiary/aromatic N) is 4. The van der Waals surface area contributed by atoms with Crippen molar-refractivity contribution in [3.8, 4) is 17.2 Å². The van der Waals surface area contributed by atoms with Gasteiger partial charge in [-0.1, -0.05) is 58.6 Å². The number of amides is 4. The van der Waals surface area contributed by atoms with Gasteiger partial charge < -0.3 is 14.6 Å². The lowest BCUT2D eigenvalue weighted by atomic mass is 9.49. The van der Waals surface area contributed by atoms with Crippen LogP contribution in [-0.2, 0) is 30.8 Å². The molecule has 2 N–H and O–H groups in total. The van der Waals surface area contributed by atoms with Gasteiger partial charge in [0, 0.05) is 22.5 Å². The summed E-state index contributed by atoms with van der Waals surface area (Å²) in [5.41, 5.74) is 1.38. The smallest absolute Gasteiger partial charge is 0.433 e. The molecule has 12 nitrogen and oxygen atoms in total. The van der Waals surface area contributed by atoms with Gasteiger partial charge in [0.05, 0.1) is 57.6 Å². The van der Waals surface area contributed by atoms with Gasteiger partial charge in [0.15, 0.2) is 17.3 Å². The van der Waals surface area contributed by atoms with Gasteiger partial charge in [-0.05, 0) is 110 Å². The summed E-state index contributed by atoms with van der Waals surface area (Å²) in [7, 11) is 4.05. The van der Waals surface area contributed by atoms with Gasteiger partial charge in [0.25, 0.3) is 23.6 Å². The zero-order valence-corrected chi connectivity index (χ0v) is 37.3. The third-order valence-corrected chi connectivity index (χ3v) is 15.0. The molecule has 0 unspecified atom stereocenters. The Bertz CT molecular complexity index is 2590. The third-order valence-electron chi connectivity index (χ3n) is 12.0. The normalized spacial score (nSPS) is 24.6. The number of carbonyl (C=O) groups is 4. The van der Waals surface area contributed by atoms with E-state index in [0.29, 0.717) is 38.0 Å². The molecule has 318 valence electrons. The Morgan fingerprint density at radius 2 is 1.61 bits per heavy atom. The SMILES string of the molecule is COc1ccc([C@@]23C(=O)N(Nc4ccc(Cl)cc4Cl)C(=O)[C@@H]2C[C@@H]2C(=CC[C@@H]4C(=O)N(N(C)c5nc(C(F)(F)F)ccc5Cl)C(=O)[C@@H]42)[C@@H]3c2cc(OC)c(O)c(Br)c2Br)cc1. The van der Waals surface area contributed by atoms with E-state index in [9.17, 15) is 27.9 Å². The molecular weight excluding hydrogens is 998 g/mol. The van der Waals surface area contributed by atoms with Gasteiger partial charge in [-0.3, -0.25) is 29.6 Å². The van der Waals surface area contributed by atoms with Crippen molar-refractivity contribution in [2.75, 3.05) is 31.7 Å². The Hall–Kier alpha value is -4.55. The van der Waals surface area contributed by atoms with Crippen molar-refractivity contribution in [1.82, 2.24) is 15.0 Å². The van der Waals surface area contributed by atoms with Gasteiger partial charge >= 0.3 is 6.18 Å². The largest absolute Gasteiger partial charge is 0.503 e. The topological polar surface area (TPSA) is 142 Å². The van der Waals surface area contributed by atoms with Gasteiger partial charge in [0.1, 0.15) is 11.4 Å². The number of methoxy groups -OCH3 is 2. The highest BCUT2D eigenvalue weighted by atomic mass is 79.9. The first kappa shape index (κ1) is 43.1. The highest BCUT2D eigenvalue weighted by Gasteiger charge is 2.71. The molecule has 0 spiro atoms. The summed E-state index contributed by atoms with van der Waals surface area (Å²) in [4.78, 5) is 63.5. The molecule has 20 heteroatoms. The number of hydrogen-bond donors (Lipinski definition) is 2. The van der Waals surface area contributed by atoms with E-state index in [1.54, 1.807) is 36.4 Å². The zero-order valence-electron chi connectivity index (χ0n) is 31.9. The molecule has 61 heavy (non-hydrogen) atoms. The molecule has 6 atom stereocenters. The van der Waals surface area contributed by atoms with Crippen molar-refractivity contribution >= 4 is 102 Å². The number of phenols is 1. The number of halogens is 8. The number of fused-ring (bicyclic) bond motifs is 4. The van der Waals surface area contributed by atoms with Crippen LogP contribution in [0, 0.1) is 23.7 Å². The summed E-state index contributed by atoms with van der Waals surface area (Å²) in [6.45, 7) is 0. The fourth-order valence-corrected chi connectivity index (χ4v) is 11.0. The number of allylic oxidation sites excluding steroid dienone is 2. The number of nitrogens with one attached hydrogen (secondary N) is 1. The highest BCUT2D eigenvalue weighted by Crippen LogP contribution is 2.66. The second-order valence-electron chi connectivity index (χ2n) is 14.9. The van der Waals surface area contributed by atoms with E-state index in [0.717, 1.165) is 21.1 Å². The fraction of sp³-hybridized carbons (Fsp3) is 0.293. The van der Waals surface area contributed by atoms with Crippen LogP contribution in [0.15, 0.2) is 81.3 Å². The first-order chi connectivity index (χ1) is 28.9. The molecule has 4 amide bonds. The number of pyridine rings is 1. The summed E-state index contributed by atoms with van der Waals surface area (Å²) >= 11 is 26.2. The summed E-state index contributed by atoms with van der Waals surface area (Å²) < 4.78 is 52.9. The molecule has 2 aliphatic heterocycles. The average molecular weight is 1030 g/mol. The second kappa shape index (κ2) is 15.7. The number of aromatic hydroxyl groups is 1. The van der Waals surface area contributed by atoms with E-state index < -0.39 is 76.3 Å². The monoisotopic (exact) mass is 1020 g/mol. The minimum absolute atomic E-state index is 0.0203. The van der Waals surface area contributed by atoms with Crippen LogP contribution in [0.3, 0.4) is 0 Å². The molecule has 3 heterocycles. The number of alkyl halides is 3. The van der Waals surface area contributed by atoms with Crippen molar-refractivity contribution < 1.29 is 46.9 Å². The minimum Gasteiger partial charge on any atom is -0.503 e. The molecule has 2 saturated heterocycles. The lowest BCUT2D eigenvalue weighted by Gasteiger charge is -2.51. The van der Waals surface area contributed by atoms with Crippen LogP contribution in [0.4, 0.5) is 24.7 Å². The van der Waals surface area contributed by atoms with Gasteiger partial charge in [0.2, 0.25) is 0 Å². The quantitative estimate of drug-likeness (QED) is 0.130. The fourth-order valence-electron chi connectivity index (χ4n) is 9.36. The van der Waals surface area contributed by atoms with Crippen LogP contribution in [-0.4, -0.2) is 65.0 Å². The van der Waals surface area contributed by atoms with Crippen LogP contribution >= 0.6 is 66.7 Å². The Morgan fingerprint density at radius 1 is 0.902 bits per heavy atom. The molecular formula is C41H31Br2Cl3F3N5O7. The van der Waals surface area contributed by atoms with Gasteiger partial charge in [-0.25, -0.2) is 4.98 Å². The summed E-state index contributed by atoms with van der Waals surface area (Å²) in [6, 6.07) is 14.4. The number of anilines is 2. The van der Waals surface area contributed by atoms with Crippen molar-refractivity contribution in [3.05, 3.63) is 113 Å². The van der Waals surface area contributed by atoms with Crippen molar-refractivity contribution in [1.29, 1.82) is 0 Å². The Labute approximate surface area is 377 Å². The van der Waals surface area contributed by atoms with E-state index >= 15 is 9.59 Å². The van der Waals surface area contributed by atoms with Crippen molar-refractivity contribution in [3.63, 3.8) is 0 Å². The molecule has 3 fully saturated rings. The number of hydrogen-bond acceptors (Lipinski definition) is 10. The van der Waals surface area contributed by atoms with Crippen molar-refractivity contribution in [2.45, 2.75) is 30.4 Å². The molecule has 0 bridgehead atoms. The Morgan fingerprint density at radius 3 is 2.25 bits per heavy atom. The first-order valence-corrected chi connectivity index (χ1v) is 21.1.